The van der Waals surface area contributed by atoms with E-state index in [1.165, 1.54) is 22.6 Å². The first-order chi connectivity index (χ1) is 10.3. The fourth-order valence-corrected chi connectivity index (χ4v) is 3.93. The Kier molecular flexibility index (Phi) is 5.02. The molecule has 8 heteroatoms. The number of carboxylic acids is 1. The second kappa shape index (κ2) is 6.62. The highest BCUT2D eigenvalue weighted by atomic mass is 32.2. The molecule has 0 bridgehead atoms. The van der Waals surface area contributed by atoms with Crippen molar-refractivity contribution in [1.82, 2.24) is 8.87 Å². The quantitative estimate of drug-likeness (QED) is 0.854. The first-order valence-electron chi connectivity index (χ1n) is 7.22. The number of carbonyl (C=O) groups is 1. The molecule has 7 nitrogen and oxygen atoms in total. The molecule has 1 aliphatic heterocycles. The van der Waals surface area contributed by atoms with Gasteiger partial charge in [-0.3, -0.25) is 4.79 Å². The van der Waals surface area contributed by atoms with Crippen LogP contribution in [-0.2, 0) is 16.6 Å². The number of carboxylic acid groups (broad SMARTS) is 1. The minimum absolute atomic E-state index is 0.0473. The van der Waals surface area contributed by atoms with E-state index in [0.29, 0.717) is 19.0 Å². The average molecular weight is 328 g/mol. The van der Waals surface area contributed by atoms with Crippen molar-refractivity contribution in [3.63, 3.8) is 0 Å². The average Bonchev–Trinajstić information content (AvgIpc) is 2.46. The molecule has 1 aromatic heterocycles. The lowest BCUT2D eigenvalue weighted by atomic mass is 10.0. The van der Waals surface area contributed by atoms with Crippen LogP contribution >= 0.6 is 0 Å². The Hall–Kier alpha value is -1.67. The van der Waals surface area contributed by atoms with Gasteiger partial charge in [-0.2, -0.15) is 0 Å². The second-order valence-corrected chi connectivity index (χ2v) is 7.71. The van der Waals surface area contributed by atoms with Crippen LogP contribution in [0, 0.1) is 5.92 Å². The van der Waals surface area contributed by atoms with Crippen LogP contribution < -0.4 is 5.56 Å². The summed E-state index contributed by atoms with van der Waals surface area (Å²) in [6.45, 7) is 3.07. The smallest absolute Gasteiger partial charge is 0.341 e. The summed E-state index contributed by atoms with van der Waals surface area (Å²) in [5, 5.41) is 8.91. The number of piperidine rings is 1. The van der Waals surface area contributed by atoms with E-state index < -0.39 is 21.6 Å². The molecule has 1 saturated heterocycles. The fourth-order valence-electron chi connectivity index (χ4n) is 2.48. The summed E-state index contributed by atoms with van der Waals surface area (Å²) >= 11 is 0. The third-order valence-electron chi connectivity index (χ3n) is 3.98. The molecule has 0 unspecified atom stereocenters. The van der Waals surface area contributed by atoms with Crippen LogP contribution in [0.2, 0.25) is 0 Å². The summed E-state index contributed by atoms with van der Waals surface area (Å²) in [5.74, 6) is -0.988. The van der Waals surface area contributed by atoms with Gasteiger partial charge >= 0.3 is 5.97 Å². The third kappa shape index (κ3) is 3.75. The number of nitrogens with zero attached hydrogens (tertiary/aromatic N) is 2. The molecule has 1 aromatic rings. The van der Waals surface area contributed by atoms with Gasteiger partial charge in [0.05, 0.1) is 5.75 Å². The third-order valence-corrected chi connectivity index (χ3v) is 5.83. The van der Waals surface area contributed by atoms with Crippen LogP contribution in [-0.4, -0.2) is 47.2 Å². The zero-order valence-corrected chi connectivity index (χ0v) is 13.3. The number of aromatic nitrogens is 1. The van der Waals surface area contributed by atoms with E-state index in [4.69, 9.17) is 5.11 Å². The molecule has 1 fully saturated rings. The van der Waals surface area contributed by atoms with Crippen molar-refractivity contribution in [2.45, 2.75) is 26.3 Å². The minimum atomic E-state index is -3.43. The SMILES string of the molecule is CC1CCN(S(=O)(=O)CCn2cccc(C(=O)O)c2=O)CC1. The predicted octanol–water partition coefficient (Wildman–Crippen LogP) is 0.608. The van der Waals surface area contributed by atoms with E-state index in [1.54, 1.807) is 0 Å². The highest BCUT2D eigenvalue weighted by molar-refractivity contribution is 7.89. The first kappa shape index (κ1) is 16.7. The molecule has 0 amide bonds. The predicted molar refractivity (Wildman–Crippen MR) is 81.4 cm³/mol. The number of sulfonamides is 1. The molecule has 0 saturated carbocycles. The molecule has 0 spiro atoms. The largest absolute Gasteiger partial charge is 0.477 e. The van der Waals surface area contributed by atoms with Crippen molar-refractivity contribution in [3.8, 4) is 0 Å². The summed E-state index contributed by atoms with van der Waals surface area (Å²) in [4.78, 5) is 22.8. The van der Waals surface area contributed by atoms with Gasteiger partial charge < -0.3 is 9.67 Å². The van der Waals surface area contributed by atoms with Gasteiger partial charge in [0.1, 0.15) is 5.56 Å². The zero-order chi connectivity index (χ0) is 16.3. The summed E-state index contributed by atoms with van der Waals surface area (Å²) in [6, 6.07) is 2.64. The van der Waals surface area contributed by atoms with Crippen molar-refractivity contribution in [1.29, 1.82) is 0 Å². The van der Waals surface area contributed by atoms with E-state index in [9.17, 15) is 18.0 Å². The van der Waals surface area contributed by atoms with E-state index in [0.717, 1.165) is 17.4 Å². The Morgan fingerprint density at radius 2 is 2.00 bits per heavy atom. The van der Waals surface area contributed by atoms with Crippen molar-refractivity contribution >= 4 is 16.0 Å². The Labute approximate surface area is 129 Å². The second-order valence-electron chi connectivity index (χ2n) is 5.62. The molecule has 0 radical (unpaired) electrons. The number of pyridine rings is 1. The summed E-state index contributed by atoms with van der Waals surface area (Å²) in [6.07, 6.45) is 3.09. The molecule has 1 N–H and O–H groups in total. The highest BCUT2D eigenvalue weighted by Crippen LogP contribution is 2.18. The van der Waals surface area contributed by atoms with Crippen molar-refractivity contribution in [2.24, 2.45) is 5.92 Å². The van der Waals surface area contributed by atoms with Crippen LogP contribution in [0.25, 0.3) is 0 Å². The summed E-state index contributed by atoms with van der Waals surface area (Å²) in [7, 11) is -3.43. The van der Waals surface area contributed by atoms with Gasteiger partial charge in [0, 0.05) is 25.8 Å². The molecule has 0 aromatic carbocycles. The monoisotopic (exact) mass is 328 g/mol. The Morgan fingerprint density at radius 1 is 1.36 bits per heavy atom. The van der Waals surface area contributed by atoms with E-state index in [-0.39, 0.29) is 17.9 Å². The highest BCUT2D eigenvalue weighted by Gasteiger charge is 2.26. The van der Waals surface area contributed by atoms with Gasteiger partial charge in [-0.25, -0.2) is 17.5 Å². The molecule has 2 rings (SSSR count). The maximum absolute atomic E-state index is 12.3. The van der Waals surface area contributed by atoms with E-state index >= 15 is 0 Å². The number of aryl methyl sites for hydroxylation is 1. The van der Waals surface area contributed by atoms with Gasteiger partial charge in [-0.05, 0) is 30.9 Å². The van der Waals surface area contributed by atoms with Crippen molar-refractivity contribution in [3.05, 3.63) is 34.2 Å². The van der Waals surface area contributed by atoms with Crippen LogP contribution in [0.3, 0.4) is 0 Å². The van der Waals surface area contributed by atoms with Crippen LogP contribution in [0.1, 0.15) is 30.1 Å². The fraction of sp³-hybridized carbons (Fsp3) is 0.571. The minimum Gasteiger partial charge on any atom is -0.477 e. The normalized spacial score (nSPS) is 17.5. The summed E-state index contributed by atoms with van der Waals surface area (Å²) in [5.41, 5.74) is -1.04. The molecule has 22 heavy (non-hydrogen) atoms. The topological polar surface area (TPSA) is 96.7 Å². The van der Waals surface area contributed by atoms with Gasteiger partial charge in [0.15, 0.2) is 0 Å². The Balaban J connectivity index is 2.08. The molecule has 1 aliphatic rings. The number of aromatic carboxylic acids is 1. The standard InChI is InChI=1S/C14H20N2O5S/c1-11-4-7-16(8-5-11)22(20,21)10-9-15-6-2-3-12(13(15)17)14(18)19/h2-3,6,11H,4-5,7-10H2,1H3,(H,18,19). The molecular weight excluding hydrogens is 308 g/mol. The molecule has 2 heterocycles. The van der Waals surface area contributed by atoms with E-state index in [1.807, 2.05) is 0 Å². The zero-order valence-electron chi connectivity index (χ0n) is 12.4. The number of hydrogen-bond donors (Lipinski definition) is 1. The van der Waals surface area contributed by atoms with Gasteiger partial charge in [0.2, 0.25) is 10.0 Å². The molecule has 122 valence electrons. The van der Waals surface area contributed by atoms with Gasteiger partial charge in [0.25, 0.3) is 5.56 Å². The van der Waals surface area contributed by atoms with E-state index in [2.05, 4.69) is 6.92 Å². The van der Waals surface area contributed by atoms with Crippen molar-refractivity contribution in [2.75, 3.05) is 18.8 Å². The lowest BCUT2D eigenvalue weighted by Crippen LogP contribution is -2.40. The van der Waals surface area contributed by atoms with Crippen LogP contribution in [0.15, 0.2) is 23.1 Å². The summed E-state index contributed by atoms with van der Waals surface area (Å²) < 4.78 is 27.2. The first-order valence-corrected chi connectivity index (χ1v) is 8.83. The number of hydrogen-bond acceptors (Lipinski definition) is 4. The molecule has 0 aliphatic carbocycles. The Morgan fingerprint density at radius 3 is 2.59 bits per heavy atom. The molecule has 0 atom stereocenters. The van der Waals surface area contributed by atoms with Gasteiger partial charge in [-0.15, -0.1) is 0 Å². The van der Waals surface area contributed by atoms with Gasteiger partial charge in [-0.1, -0.05) is 6.92 Å². The van der Waals surface area contributed by atoms with Crippen LogP contribution in [0.4, 0.5) is 0 Å². The number of rotatable bonds is 5. The molecular formula is C14H20N2O5S. The lowest BCUT2D eigenvalue weighted by molar-refractivity contribution is 0.0694. The van der Waals surface area contributed by atoms with Crippen molar-refractivity contribution < 1.29 is 18.3 Å². The maximum Gasteiger partial charge on any atom is 0.341 e. The Bertz CT molecular complexity index is 702. The van der Waals surface area contributed by atoms with Crippen LogP contribution in [0.5, 0.6) is 0 Å². The maximum atomic E-state index is 12.3. The lowest BCUT2D eigenvalue weighted by Gasteiger charge is -2.29.